The van der Waals surface area contributed by atoms with Crippen LogP contribution in [0.2, 0.25) is 0 Å². The van der Waals surface area contributed by atoms with Crippen molar-refractivity contribution < 1.29 is 0 Å². The standard InChI is InChI=1S/C8H16.C2H8N2/c1-2-3-5-8-6-4-7-8;3-1-2-4/h8H,2-7H2,1H3;1-4H2. The highest BCUT2D eigenvalue weighted by Gasteiger charge is 2.15. The van der Waals surface area contributed by atoms with Crippen LogP contribution >= 0.6 is 0 Å². The van der Waals surface area contributed by atoms with Crippen LogP contribution in [-0.4, -0.2) is 13.1 Å². The van der Waals surface area contributed by atoms with Gasteiger partial charge in [0.1, 0.15) is 0 Å². The average Bonchev–Trinajstić information content (AvgIpc) is 2.03. The Hall–Kier alpha value is -0.0800. The van der Waals surface area contributed by atoms with E-state index in [1.54, 1.807) is 0 Å². The molecule has 1 aliphatic rings. The molecule has 1 fully saturated rings. The van der Waals surface area contributed by atoms with E-state index in [0.717, 1.165) is 5.92 Å². The normalized spacial score (nSPS) is 16.2. The van der Waals surface area contributed by atoms with Gasteiger partial charge in [0.25, 0.3) is 0 Å². The largest absolute Gasteiger partial charge is 0.329 e. The molecule has 0 amide bonds. The molecule has 2 heteroatoms. The fourth-order valence-electron chi connectivity index (χ4n) is 1.27. The van der Waals surface area contributed by atoms with Crippen molar-refractivity contribution >= 4 is 0 Å². The molecule has 1 rings (SSSR count). The molecule has 0 aromatic carbocycles. The molecule has 0 aromatic rings. The molecule has 74 valence electrons. The van der Waals surface area contributed by atoms with Gasteiger partial charge in [0.2, 0.25) is 0 Å². The van der Waals surface area contributed by atoms with Crippen molar-refractivity contribution in [3.63, 3.8) is 0 Å². The van der Waals surface area contributed by atoms with E-state index in [1.165, 1.54) is 38.5 Å². The number of unbranched alkanes of at least 4 members (excludes halogenated alkanes) is 1. The summed E-state index contributed by atoms with van der Waals surface area (Å²) in [5.74, 6) is 1.13. The summed E-state index contributed by atoms with van der Waals surface area (Å²) in [4.78, 5) is 0. The minimum atomic E-state index is 0.597. The van der Waals surface area contributed by atoms with Gasteiger partial charge in [-0.15, -0.1) is 0 Å². The van der Waals surface area contributed by atoms with Crippen LogP contribution in [0.3, 0.4) is 0 Å². The van der Waals surface area contributed by atoms with E-state index in [0.29, 0.717) is 13.1 Å². The maximum absolute atomic E-state index is 4.90. The molecule has 0 spiro atoms. The fourth-order valence-corrected chi connectivity index (χ4v) is 1.27. The Morgan fingerprint density at radius 3 is 2.00 bits per heavy atom. The molecule has 1 aliphatic carbocycles. The van der Waals surface area contributed by atoms with Crippen molar-refractivity contribution in [3.05, 3.63) is 0 Å². The van der Waals surface area contributed by atoms with Crippen molar-refractivity contribution in [1.29, 1.82) is 0 Å². The average molecular weight is 172 g/mol. The monoisotopic (exact) mass is 172 g/mol. The molecule has 12 heavy (non-hydrogen) atoms. The van der Waals surface area contributed by atoms with Crippen LogP contribution in [0.15, 0.2) is 0 Å². The Morgan fingerprint density at radius 2 is 1.75 bits per heavy atom. The summed E-state index contributed by atoms with van der Waals surface area (Å²) in [6.07, 6.45) is 8.92. The zero-order valence-electron chi connectivity index (χ0n) is 8.39. The third-order valence-corrected chi connectivity index (χ3v) is 2.36. The van der Waals surface area contributed by atoms with E-state index in [9.17, 15) is 0 Å². The summed E-state index contributed by atoms with van der Waals surface area (Å²) in [5.41, 5.74) is 9.81. The molecule has 0 aromatic heterocycles. The van der Waals surface area contributed by atoms with E-state index in [2.05, 4.69) is 6.92 Å². The third kappa shape index (κ3) is 6.62. The predicted molar refractivity (Wildman–Crippen MR) is 55.0 cm³/mol. The summed E-state index contributed by atoms with van der Waals surface area (Å²) < 4.78 is 0. The van der Waals surface area contributed by atoms with Gasteiger partial charge < -0.3 is 11.5 Å². The third-order valence-electron chi connectivity index (χ3n) is 2.36. The van der Waals surface area contributed by atoms with Crippen LogP contribution in [0.5, 0.6) is 0 Å². The molecule has 0 bridgehead atoms. The quantitative estimate of drug-likeness (QED) is 0.680. The Bertz CT molecular complexity index is 77.9. The van der Waals surface area contributed by atoms with Crippen LogP contribution < -0.4 is 11.5 Å². The first-order valence-corrected chi connectivity index (χ1v) is 5.25. The van der Waals surface area contributed by atoms with Crippen molar-refractivity contribution in [2.45, 2.75) is 45.4 Å². The van der Waals surface area contributed by atoms with Crippen molar-refractivity contribution in [2.75, 3.05) is 13.1 Å². The highest BCUT2D eigenvalue weighted by molar-refractivity contribution is 4.68. The van der Waals surface area contributed by atoms with Gasteiger partial charge in [0.05, 0.1) is 0 Å². The van der Waals surface area contributed by atoms with Crippen molar-refractivity contribution in [1.82, 2.24) is 0 Å². The second-order valence-corrected chi connectivity index (χ2v) is 3.52. The molecule has 0 atom stereocenters. The maximum atomic E-state index is 4.90. The van der Waals surface area contributed by atoms with E-state index in [4.69, 9.17) is 11.5 Å². The van der Waals surface area contributed by atoms with Gasteiger partial charge in [-0.05, 0) is 5.92 Å². The van der Waals surface area contributed by atoms with Gasteiger partial charge in [0, 0.05) is 13.1 Å². The molecule has 4 N–H and O–H groups in total. The topological polar surface area (TPSA) is 52.0 Å². The van der Waals surface area contributed by atoms with Gasteiger partial charge in [0.15, 0.2) is 0 Å². The lowest BCUT2D eigenvalue weighted by Gasteiger charge is -2.24. The summed E-state index contributed by atoms with van der Waals surface area (Å²) in [5, 5.41) is 0. The second kappa shape index (κ2) is 9.01. The SMILES string of the molecule is CCCCC1CCC1.NCCN. The minimum absolute atomic E-state index is 0.597. The van der Waals surface area contributed by atoms with Gasteiger partial charge in [-0.3, -0.25) is 0 Å². The minimum Gasteiger partial charge on any atom is -0.329 e. The molecule has 1 saturated carbocycles. The zero-order chi connectivity index (χ0) is 9.23. The van der Waals surface area contributed by atoms with Crippen LogP contribution in [-0.2, 0) is 0 Å². The molecule has 2 nitrogen and oxygen atoms in total. The molecule has 0 saturated heterocycles. The molecular weight excluding hydrogens is 148 g/mol. The molecule has 0 aliphatic heterocycles. The molecule has 0 radical (unpaired) electrons. The Morgan fingerprint density at radius 1 is 1.17 bits per heavy atom. The molecule has 0 heterocycles. The summed E-state index contributed by atoms with van der Waals surface area (Å²) in [6.45, 7) is 3.47. The first-order chi connectivity index (χ1) is 5.85. The number of nitrogens with two attached hydrogens (primary N) is 2. The maximum Gasteiger partial charge on any atom is 0.00461 e. The summed E-state index contributed by atoms with van der Waals surface area (Å²) >= 11 is 0. The van der Waals surface area contributed by atoms with Crippen molar-refractivity contribution in [3.8, 4) is 0 Å². The number of rotatable bonds is 4. The number of hydrogen-bond donors (Lipinski definition) is 2. The first kappa shape index (κ1) is 11.9. The summed E-state index contributed by atoms with van der Waals surface area (Å²) in [7, 11) is 0. The van der Waals surface area contributed by atoms with E-state index in [-0.39, 0.29) is 0 Å². The van der Waals surface area contributed by atoms with Crippen LogP contribution in [0.25, 0.3) is 0 Å². The predicted octanol–water partition coefficient (Wildman–Crippen LogP) is 1.88. The van der Waals surface area contributed by atoms with Gasteiger partial charge in [-0.25, -0.2) is 0 Å². The second-order valence-electron chi connectivity index (χ2n) is 3.52. The fraction of sp³-hybridized carbons (Fsp3) is 1.00. The van der Waals surface area contributed by atoms with Crippen LogP contribution in [0.4, 0.5) is 0 Å². The van der Waals surface area contributed by atoms with Gasteiger partial charge >= 0.3 is 0 Å². The van der Waals surface area contributed by atoms with Gasteiger partial charge in [-0.2, -0.15) is 0 Å². The Balaban J connectivity index is 0.000000261. The highest BCUT2D eigenvalue weighted by atomic mass is 14.6. The lowest BCUT2D eigenvalue weighted by molar-refractivity contribution is 0.289. The highest BCUT2D eigenvalue weighted by Crippen LogP contribution is 2.30. The zero-order valence-corrected chi connectivity index (χ0v) is 8.39. The molecule has 0 unspecified atom stereocenters. The van der Waals surface area contributed by atoms with Crippen LogP contribution in [0.1, 0.15) is 45.4 Å². The lowest BCUT2D eigenvalue weighted by atomic mass is 9.82. The Labute approximate surface area is 76.7 Å². The lowest BCUT2D eigenvalue weighted by Crippen LogP contribution is -2.11. The molecular formula is C10H24N2. The Kier molecular flexibility index (Phi) is 8.95. The number of hydrogen-bond acceptors (Lipinski definition) is 2. The smallest absolute Gasteiger partial charge is 0.00461 e. The van der Waals surface area contributed by atoms with Crippen molar-refractivity contribution in [2.24, 2.45) is 17.4 Å². The first-order valence-electron chi connectivity index (χ1n) is 5.25. The van der Waals surface area contributed by atoms with E-state index >= 15 is 0 Å². The van der Waals surface area contributed by atoms with Gasteiger partial charge in [-0.1, -0.05) is 45.4 Å². The van der Waals surface area contributed by atoms with Crippen LogP contribution in [0, 0.1) is 5.92 Å². The van der Waals surface area contributed by atoms with E-state index in [1.807, 2.05) is 0 Å². The van der Waals surface area contributed by atoms with E-state index < -0.39 is 0 Å². The summed E-state index contributed by atoms with van der Waals surface area (Å²) in [6, 6.07) is 0.